The minimum Gasteiger partial charge on any atom is -0.459 e. The molecule has 1 fully saturated rings. The maximum atomic E-state index is 12.3. The average Bonchev–Trinajstić information content (AvgIpc) is 3.01. The van der Waals surface area contributed by atoms with Crippen molar-refractivity contribution in [2.24, 2.45) is 0 Å². The van der Waals surface area contributed by atoms with Crippen LogP contribution in [0.1, 0.15) is 22.2 Å². The minimum atomic E-state index is -0.0873. The van der Waals surface area contributed by atoms with E-state index in [9.17, 15) is 4.79 Å². The van der Waals surface area contributed by atoms with Crippen LogP contribution >= 0.6 is 15.9 Å². The van der Waals surface area contributed by atoms with Crippen molar-refractivity contribution < 1.29 is 13.9 Å². The summed E-state index contributed by atoms with van der Waals surface area (Å²) in [6, 6.07) is 11.4. The summed E-state index contributed by atoms with van der Waals surface area (Å²) in [5.74, 6) is 0.293. The van der Waals surface area contributed by atoms with E-state index in [2.05, 4.69) is 15.9 Å². The van der Waals surface area contributed by atoms with E-state index in [1.807, 2.05) is 24.3 Å². The van der Waals surface area contributed by atoms with Crippen molar-refractivity contribution in [2.45, 2.75) is 6.10 Å². The Kier molecular flexibility index (Phi) is 3.89. The highest BCUT2D eigenvalue weighted by Gasteiger charge is 2.27. The molecule has 0 spiro atoms. The molecule has 1 aromatic heterocycles. The van der Waals surface area contributed by atoms with Crippen molar-refractivity contribution in [1.82, 2.24) is 4.90 Å². The molecule has 0 bridgehead atoms. The molecule has 1 aliphatic rings. The van der Waals surface area contributed by atoms with Gasteiger partial charge in [-0.05, 0) is 29.8 Å². The molecule has 1 aromatic carbocycles. The summed E-state index contributed by atoms with van der Waals surface area (Å²) in [4.78, 5) is 14.0. The summed E-state index contributed by atoms with van der Waals surface area (Å²) < 4.78 is 12.0. The monoisotopic (exact) mass is 335 g/mol. The normalized spacial score (nSPS) is 19.1. The number of carbonyl (C=O) groups is 1. The molecular formula is C15H14BrNO3. The lowest BCUT2D eigenvalue weighted by Crippen LogP contribution is -2.42. The number of carbonyl (C=O) groups excluding carboxylic acids is 1. The number of furan rings is 1. The third-order valence-electron chi connectivity index (χ3n) is 3.33. The van der Waals surface area contributed by atoms with Crippen molar-refractivity contribution in [1.29, 1.82) is 0 Å². The van der Waals surface area contributed by atoms with Gasteiger partial charge in [-0.25, -0.2) is 0 Å². The lowest BCUT2D eigenvalue weighted by atomic mass is 10.1. The number of ether oxygens (including phenoxy) is 1. The first-order valence-corrected chi connectivity index (χ1v) is 7.23. The fourth-order valence-electron chi connectivity index (χ4n) is 2.27. The summed E-state index contributed by atoms with van der Waals surface area (Å²) in [5, 5.41) is 0. The van der Waals surface area contributed by atoms with E-state index < -0.39 is 0 Å². The van der Waals surface area contributed by atoms with Crippen molar-refractivity contribution in [2.75, 3.05) is 19.7 Å². The van der Waals surface area contributed by atoms with Crippen molar-refractivity contribution in [3.05, 3.63) is 58.5 Å². The Balaban J connectivity index is 1.73. The quantitative estimate of drug-likeness (QED) is 0.845. The molecule has 1 amide bonds. The summed E-state index contributed by atoms with van der Waals surface area (Å²) in [6.45, 7) is 1.67. The summed E-state index contributed by atoms with van der Waals surface area (Å²) in [5.41, 5.74) is 1.07. The SMILES string of the molecule is O=C(c1ccco1)N1CCOC(c2ccc(Br)cc2)C1. The maximum Gasteiger partial charge on any atom is 0.289 e. The van der Waals surface area contributed by atoms with Crippen LogP contribution in [-0.2, 0) is 4.74 Å². The second kappa shape index (κ2) is 5.81. The van der Waals surface area contributed by atoms with Gasteiger partial charge in [0.05, 0.1) is 19.4 Å². The average molecular weight is 336 g/mol. The molecule has 1 unspecified atom stereocenters. The molecule has 2 heterocycles. The van der Waals surface area contributed by atoms with Gasteiger partial charge in [-0.1, -0.05) is 28.1 Å². The zero-order valence-electron chi connectivity index (χ0n) is 10.8. The molecule has 4 nitrogen and oxygen atoms in total. The lowest BCUT2D eigenvalue weighted by molar-refractivity contribution is -0.0237. The molecule has 0 saturated carbocycles. The molecule has 20 heavy (non-hydrogen) atoms. The molecule has 0 aliphatic carbocycles. The standard InChI is InChI=1S/C15H14BrNO3/c16-12-5-3-11(4-6-12)14-10-17(7-9-20-14)15(18)13-2-1-8-19-13/h1-6,8,14H,7,9-10H2. The fraction of sp³-hybridized carbons (Fsp3) is 0.267. The van der Waals surface area contributed by atoms with Crippen LogP contribution < -0.4 is 0 Å². The Morgan fingerprint density at radius 1 is 1.25 bits per heavy atom. The lowest BCUT2D eigenvalue weighted by Gasteiger charge is -2.32. The van der Waals surface area contributed by atoms with Gasteiger partial charge >= 0.3 is 0 Å². The molecule has 0 N–H and O–H groups in total. The van der Waals surface area contributed by atoms with E-state index in [0.29, 0.717) is 25.5 Å². The molecule has 1 aliphatic heterocycles. The number of benzene rings is 1. The second-order valence-electron chi connectivity index (χ2n) is 4.64. The highest BCUT2D eigenvalue weighted by molar-refractivity contribution is 9.10. The first-order chi connectivity index (χ1) is 9.74. The van der Waals surface area contributed by atoms with Gasteiger partial charge in [0.15, 0.2) is 5.76 Å². The van der Waals surface area contributed by atoms with Gasteiger partial charge in [0, 0.05) is 11.0 Å². The summed E-state index contributed by atoms with van der Waals surface area (Å²) in [7, 11) is 0. The predicted molar refractivity (Wildman–Crippen MR) is 77.4 cm³/mol. The largest absolute Gasteiger partial charge is 0.459 e. The van der Waals surface area contributed by atoms with Crippen LogP contribution in [0.15, 0.2) is 51.6 Å². The van der Waals surface area contributed by atoms with E-state index >= 15 is 0 Å². The molecule has 3 rings (SSSR count). The first-order valence-electron chi connectivity index (χ1n) is 6.44. The van der Waals surface area contributed by atoms with Gasteiger partial charge in [0.2, 0.25) is 0 Å². The van der Waals surface area contributed by atoms with Crippen LogP contribution in [0, 0.1) is 0 Å². The van der Waals surface area contributed by atoms with Crippen molar-refractivity contribution in [3.63, 3.8) is 0 Å². The third kappa shape index (κ3) is 2.78. The summed E-state index contributed by atoms with van der Waals surface area (Å²) >= 11 is 3.41. The number of amides is 1. The van der Waals surface area contributed by atoms with Crippen LogP contribution in [0.3, 0.4) is 0 Å². The van der Waals surface area contributed by atoms with Crippen LogP contribution in [0.5, 0.6) is 0 Å². The number of nitrogens with zero attached hydrogens (tertiary/aromatic N) is 1. The van der Waals surface area contributed by atoms with Gasteiger partial charge in [-0.15, -0.1) is 0 Å². The van der Waals surface area contributed by atoms with E-state index in [1.54, 1.807) is 17.0 Å². The second-order valence-corrected chi connectivity index (χ2v) is 5.56. The molecule has 2 aromatic rings. The van der Waals surface area contributed by atoms with Crippen LogP contribution in [0.2, 0.25) is 0 Å². The zero-order chi connectivity index (χ0) is 13.9. The zero-order valence-corrected chi connectivity index (χ0v) is 12.4. The first kappa shape index (κ1) is 13.4. The third-order valence-corrected chi connectivity index (χ3v) is 3.86. The maximum absolute atomic E-state index is 12.3. The van der Waals surface area contributed by atoms with Crippen molar-refractivity contribution >= 4 is 21.8 Å². The Bertz CT molecular complexity index is 580. The van der Waals surface area contributed by atoms with Gasteiger partial charge in [-0.2, -0.15) is 0 Å². The van der Waals surface area contributed by atoms with Crippen LogP contribution in [-0.4, -0.2) is 30.5 Å². The molecule has 104 valence electrons. The Hall–Kier alpha value is -1.59. The van der Waals surface area contributed by atoms with Crippen LogP contribution in [0.25, 0.3) is 0 Å². The Labute approximate surface area is 125 Å². The van der Waals surface area contributed by atoms with E-state index in [0.717, 1.165) is 10.0 Å². The minimum absolute atomic E-state index is 0.0830. The molecule has 5 heteroatoms. The van der Waals surface area contributed by atoms with Gasteiger partial charge in [0.25, 0.3) is 5.91 Å². The Morgan fingerprint density at radius 2 is 2.05 bits per heavy atom. The number of rotatable bonds is 2. The van der Waals surface area contributed by atoms with Crippen LogP contribution in [0.4, 0.5) is 0 Å². The molecule has 0 radical (unpaired) electrons. The highest BCUT2D eigenvalue weighted by atomic mass is 79.9. The number of morpholine rings is 1. The molecule has 1 saturated heterocycles. The van der Waals surface area contributed by atoms with Gasteiger partial charge in [-0.3, -0.25) is 4.79 Å². The number of halogens is 1. The smallest absolute Gasteiger partial charge is 0.289 e. The Morgan fingerprint density at radius 3 is 2.75 bits per heavy atom. The molecule has 1 atom stereocenters. The van der Waals surface area contributed by atoms with Crippen molar-refractivity contribution in [3.8, 4) is 0 Å². The number of hydrogen-bond acceptors (Lipinski definition) is 3. The number of hydrogen-bond donors (Lipinski definition) is 0. The molecular weight excluding hydrogens is 322 g/mol. The predicted octanol–water partition coefficient (Wildman–Crippen LogP) is 3.26. The highest BCUT2D eigenvalue weighted by Crippen LogP contribution is 2.24. The summed E-state index contributed by atoms with van der Waals surface area (Å²) in [6.07, 6.45) is 1.43. The van der Waals surface area contributed by atoms with E-state index in [1.165, 1.54) is 6.26 Å². The fourth-order valence-corrected chi connectivity index (χ4v) is 2.53. The van der Waals surface area contributed by atoms with Gasteiger partial charge in [0.1, 0.15) is 6.10 Å². The van der Waals surface area contributed by atoms with E-state index in [4.69, 9.17) is 9.15 Å². The topological polar surface area (TPSA) is 42.7 Å². The van der Waals surface area contributed by atoms with Gasteiger partial charge < -0.3 is 14.1 Å². The van der Waals surface area contributed by atoms with E-state index in [-0.39, 0.29) is 12.0 Å².